The molecule has 0 amide bonds. The maximum atomic E-state index is 6.12. The van der Waals surface area contributed by atoms with Crippen LogP contribution in [0.2, 0.25) is 0 Å². The molecule has 0 aliphatic heterocycles. The van der Waals surface area contributed by atoms with Gasteiger partial charge >= 0.3 is 0 Å². The van der Waals surface area contributed by atoms with Crippen LogP contribution in [0.5, 0.6) is 0 Å². The molecule has 0 saturated carbocycles. The second-order valence-electron chi connectivity index (χ2n) is 4.42. The lowest BCUT2D eigenvalue weighted by Gasteiger charge is -2.10. The Morgan fingerprint density at radius 3 is 2.82 bits per heavy atom. The number of fused-ring (bicyclic) bond motifs is 1. The number of benzene rings is 1. The summed E-state index contributed by atoms with van der Waals surface area (Å²) < 4.78 is 1.26. The molecule has 1 unspecified atom stereocenters. The van der Waals surface area contributed by atoms with Crippen molar-refractivity contribution in [1.29, 1.82) is 0 Å². The first-order chi connectivity index (χ1) is 8.15. The number of hydrogen-bond donors (Lipinski definition) is 1. The van der Waals surface area contributed by atoms with E-state index < -0.39 is 0 Å². The summed E-state index contributed by atoms with van der Waals surface area (Å²) >= 11 is 3.68. The zero-order chi connectivity index (χ0) is 12.3. The lowest BCUT2D eigenvalue weighted by molar-refractivity contribution is 0.744. The van der Waals surface area contributed by atoms with Gasteiger partial charge in [-0.15, -0.1) is 11.3 Å². The van der Waals surface area contributed by atoms with E-state index in [1.165, 1.54) is 4.70 Å². The Balaban J connectivity index is 1.98. The molecular formula is C13H18N2S2. The van der Waals surface area contributed by atoms with Crippen LogP contribution in [0.25, 0.3) is 10.2 Å². The highest BCUT2D eigenvalue weighted by Gasteiger charge is 2.09. The molecule has 0 fully saturated rings. The van der Waals surface area contributed by atoms with Gasteiger partial charge in [0.1, 0.15) is 0 Å². The van der Waals surface area contributed by atoms with Crippen LogP contribution >= 0.6 is 23.1 Å². The van der Waals surface area contributed by atoms with Gasteiger partial charge in [0.05, 0.1) is 15.2 Å². The molecular weight excluding hydrogens is 248 g/mol. The Bertz CT molecular complexity index is 446. The van der Waals surface area contributed by atoms with Gasteiger partial charge in [-0.05, 0) is 17.4 Å². The predicted octanol–water partition coefficient (Wildman–Crippen LogP) is 3.31. The summed E-state index contributed by atoms with van der Waals surface area (Å²) in [7, 11) is 0. The molecule has 4 heteroatoms. The molecule has 1 aromatic heterocycles. The van der Waals surface area contributed by atoms with Crippen LogP contribution in [0.1, 0.15) is 18.9 Å². The minimum absolute atomic E-state index is 0.211. The van der Waals surface area contributed by atoms with E-state index in [4.69, 9.17) is 5.73 Å². The van der Waals surface area contributed by atoms with E-state index in [0.29, 0.717) is 5.25 Å². The van der Waals surface area contributed by atoms with Gasteiger partial charge in [0.15, 0.2) is 0 Å². The largest absolute Gasteiger partial charge is 0.327 e. The maximum Gasteiger partial charge on any atom is 0.0954 e. The molecule has 2 rings (SSSR count). The summed E-state index contributed by atoms with van der Waals surface area (Å²) in [5.41, 5.74) is 7.22. The van der Waals surface area contributed by atoms with Gasteiger partial charge in [0.25, 0.3) is 0 Å². The number of rotatable bonds is 5. The monoisotopic (exact) mass is 266 g/mol. The molecule has 0 radical (unpaired) electrons. The first-order valence-corrected chi connectivity index (χ1v) is 7.73. The fourth-order valence-electron chi connectivity index (χ4n) is 1.61. The van der Waals surface area contributed by atoms with E-state index in [1.54, 1.807) is 11.3 Å². The molecule has 2 nitrogen and oxygen atoms in total. The summed E-state index contributed by atoms with van der Waals surface area (Å²) in [4.78, 5) is 4.61. The lowest BCUT2D eigenvalue weighted by atomic mass is 10.2. The van der Waals surface area contributed by atoms with Gasteiger partial charge in [-0.1, -0.05) is 26.0 Å². The van der Waals surface area contributed by atoms with Crippen LogP contribution in [-0.4, -0.2) is 22.0 Å². The molecule has 17 heavy (non-hydrogen) atoms. The second kappa shape index (κ2) is 5.85. The molecule has 2 aromatic rings. The third-order valence-electron chi connectivity index (χ3n) is 2.42. The van der Waals surface area contributed by atoms with Crippen LogP contribution in [-0.2, 0) is 6.42 Å². The average molecular weight is 266 g/mol. The van der Waals surface area contributed by atoms with E-state index in [1.807, 2.05) is 17.8 Å². The topological polar surface area (TPSA) is 38.9 Å². The van der Waals surface area contributed by atoms with Gasteiger partial charge in [-0.25, -0.2) is 4.98 Å². The SMILES string of the molecule is CC(C)SCC(N)Cc1nc2ccccc2s1. The molecule has 0 bridgehead atoms. The van der Waals surface area contributed by atoms with Gasteiger partial charge in [0.2, 0.25) is 0 Å². The van der Waals surface area contributed by atoms with Crippen LogP contribution in [0.3, 0.4) is 0 Å². The zero-order valence-corrected chi connectivity index (χ0v) is 11.9. The Hall–Kier alpha value is -0.580. The fourth-order valence-corrected chi connectivity index (χ4v) is 3.42. The zero-order valence-electron chi connectivity index (χ0n) is 10.2. The van der Waals surface area contributed by atoms with Crippen molar-refractivity contribution in [3.63, 3.8) is 0 Å². The average Bonchev–Trinajstić information content (AvgIpc) is 2.68. The molecule has 0 aliphatic carbocycles. The second-order valence-corrected chi connectivity index (χ2v) is 7.15. The first kappa shape index (κ1) is 12.9. The van der Waals surface area contributed by atoms with Gasteiger partial charge < -0.3 is 5.73 Å². The van der Waals surface area contributed by atoms with Crippen molar-refractivity contribution in [2.45, 2.75) is 31.6 Å². The summed E-state index contributed by atoms with van der Waals surface area (Å²) in [6.07, 6.45) is 0.888. The van der Waals surface area contributed by atoms with E-state index in [9.17, 15) is 0 Å². The number of thiazole rings is 1. The summed E-state index contributed by atoms with van der Waals surface area (Å²) in [6, 6.07) is 8.47. The number of thioether (sulfide) groups is 1. The quantitative estimate of drug-likeness (QED) is 0.902. The predicted molar refractivity (Wildman–Crippen MR) is 78.9 cm³/mol. The van der Waals surface area contributed by atoms with Gasteiger partial charge in [-0.3, -0.25) is 0 Å². The Kier molecular flexibility index (Phi) is 4.42. The molecule has 0 saturated heterocycles. The standard InChI is InChI=1S/C13H18N2S2/c1-9(2)16-8-10(14)7-13-15-11-5-3-4-6-12(11)17-13/h3-6,9-10H,7-8,14H2,1-2H3. The smallest absolute Gasteiger partial charge is 0.0954 e. The summed E-state index contributed by atoms with van der Waals surface area (Å²) in [6.45, 7) is 4.41. The van der Waals surface area contributed by atoms with Crippen molar-refractivity contribution in [3.8, 4) is 0 Å². The van der Waals surface area contributed by atoms with E-state index in [2.05, 4.69) is 37.0 Å². The van der Waals surface area contributed by atoms with Crippen LogP contribution in [0.15, 0.2) is 24.3 Å². The van der Waals surface area contributed by atoms with Crippen LogP contribution in [0.4, 0.5) is 0 Å². The van der Waals surface area contributed by atoms with Gasteiger partial charge in [-0.2, -0.15) is 11.8 Å². The van der Waals surface area contributed by atoms with E-state index in [0.717, 1.165) is 22.7 Å². The van der Waals surface area contributed by atoms with Crippen LogP contribution in [0, 0.1) is 0 Å². The summed E-state index contributed by atoms with van der Waals surface area (Å²) in [5, 5.41) is 1.81. The highest BCUT2D eigenvalue weighted by Crippen LogP contribution is 2.23. The fraction of sp³-hybridized carbons (Fsp3) is 0.462. The molecule has 1 heterocycles. The van der Waals surface area contributed by atoms with Crippen molar-refractivity contribution in [2.24, 2.45) is 5.73 Å². The normalized spacial score (nSPS) is 13.4. The maximum absolute atomic E-state index is 6.12. The van der Waals surface area contributed by atoms with Crippen molar-refractivity contribution in [2.75, 3.05) is 5.75 Å². The number of nitrogens with zero attached hydrogens (tertiary/aromatic N) is 1. The first-order valence-electron chi connectivity index (χ1n) is 5.87. The minimum Gasteiger partial charge on any atom is -0.327 e. The molecule has 1 aromatic carbocycles. The minimum atomic E-state index is 0.211. The highest BCUT2D eigenvalue weighted by atomic mass is 32.2. The van der Waals surface area contributed by atoms with Crippen molar-refractivity contribution in [1.82, 2.24) is 4.98 Å². The van der Waals surface area contributed by atoms with Crippen LogP contribution < -0.4 is 5.73 Å². The Morgan fingerprint density at radius 1 is 1.35 bits per heavy atom. The molecule has 0 aliphatic rings. The van der Waals surface area contributed by atoms with Gasteiger partial charge in [0, 0.05) is 18.2 Å². The Labute approximate surface area is 111 Å². The highest BCUT2D eigenvalue weighted by molar-refractivity contribution is 7.99. The molecule has 1 atom stereocenters. The number of aromatic nitrogens is 1. The molecule has 2 N–H and O–H groups in total. The van der Waals surface area contributed by atoms with Crippen molar-refractivity contribution >= 4 is 33.3 Å². The van der Waals surface area contributed by atoms with Crippen molar-refractivity contribution in [3.05, 3.63) is 29.3 Å². The van der Waals surface area contributed by atoms with E-state index >= 15 is 0 Å². The molecule has 0 spiro atoms. The van der Waals surface area contributed by atoms with E-state index in [-0.39, 0.29) is 6.04 Å². The Morgan fingerprint density at radius 2 is 2.12 bits per heavy atom. The number of nitrogens with two attached hydrogens (primary N) is 1. The van der Waals surface area contributed by atoms with Crippen molar-refractivity contribution < 1.29 is 0 Å². The summed E-state index contributed by atoms with van der Waals surface area (Å²) in [5.74, 6) is 1.01. The number of para-hydroxylation sites is 1. The third-order valence-corrected chi connectivity index (χ3v) is 4.76. The lowest BCUT2D eigenvalue weighted by Crippen LogP contribution is -2.26. The molecule has 92 valence electrons. The number of hydrogen-bond acceptors (Lipinski definition) is 4. The third kappa shape index (κ3) is 3.69.